The van der Waals surface area contributed by atoms with Gasteiger partial charge in [-0.05, 0) is 19.4 Å². The molecule has 108 valence electrons. The fourth-order valence-electron chi connectivity index (χ4n) is 1.64. The molecule has 0 aliphatic rings. The molecule has 1 aromatic carbocycles. The summed E-state index contributed by atoms with van der Waals surface area (Å²) in [6.07, 6.45) is 0. The maximum atomic E-state index is 11.8. The lowest BCUT2D eigenvalue weighted by atomic mass is 10.0. The molecule has 0 amide bonds. The lowest BCUT2D eigenvalue weighted by molar-refractivity contribution is -0.138. The number of carbonyl (C=O) groups is 1. The Hall–Kier alpha value is -1.88. The molecule has 1 aromatic rings. The lowest BCUT2D eigenvalue weighted by Crippen LogP contribution is -2.32. The average molecular weight is 292 g/mol. The minimum Gasteiger partial charge on any atom is -0.461 e. The summed E-state index contributed by atoms with van der Waals surface area (Å²) in [4.78, 5) is 12.3. The van der Waals surface area contributed by atoms with Crippen molar-refractivity contribution in [2.24, 2.45) is 5.73 Å². The molecular formula is C15H20N2O2S. The number of benzene rings is 1. The number of hydrogen-bond donors (Lipinski definition) is 2. The van der Waals surface area contributed by atoms with Crippen LogP contribution < -0.4 is 11.1 Å². The SMILES string of the molecule is CCOC(=O)/C(NC(=S)[C@@H](C)c1ccccc1)=C(\C)N. The van der Waals surface area contributed by atoms with Gasteiger partial charge in [0, 0.05) is 11.6 Å². The zero-order valence-electron chi connectivity index (χ0n) is 12.0. The lowest BCUT2D eigenvalue weighted by Gasteiger charge is -2.17. The second-order valence-electron chi connectivity index (χ2n) is 4.40. The Balaban J connectivity index is 2.83. The van der Waals surface area contributed by atoms with Crippen LogP contribution in [0.25, 0.3) is 0 Å². The van der Waals surface area contributed by atoms with E-state index in [-0.39, 0.29) is 18.2 Å². The number of rotatable bonds is 5. The van der Waals surface area contributed by atoms with E-state index in [1.54, 1.807) is 13.8 Å². The third kappa shape index (κ3) is 4.35. The minimum atomic E-state index is -0.491. The van der Waals surface area contributed by atoms with Crippen molar-refractivity contribution < 1.29 is 9.53 Å². The van der Waals surface area contributed by atoms with E-state index >= 15 is 0 Å². The smallest absolute Gasteiger partial charge is 0.356 e. The van der Waals surface area contributed by atoms with Gasteiger partial charge in [-0.2, -0.15) is 0 Å². The standard InChI is InChI=1S/C15H20N2O2S/c1-4-19-15(18)13(11(3)16)17-14(20)10(2)12-8-6-5-7-9-12/h5-10H,4,16H2,1-3H3,(H,17,20)/b13-11-/t10-/m0/s1. The first kappa shape index (κ1) is 16.2. The van der Waals surface area contributed by atoms with Crippen LogP contribution in [0, 0.1) is 0 Å². The number of nitrogens with one attached hydrogen (secondary N) is 1. The Morgan fingerprint density at radius 3 is 2.50 bits per heavy atom. The van der Waals surface area contributed by atoms with Gasteiger partial charge in [-0.15, -0.1) is 0 Å². The monoisotopic (exact) mass is 292 g/mol. The number of nitrogens with two attached hydrogens (primary N) is 1. The molecule has 0 bridgehead atoms. The molecule has 0 aromatic heterocycles. The zero-order chi connectivity index (χ0) is 15.1. The normalized spacial score (nSPS) is 13.2. The Morgan fingerprint density at radius 2 is 2.00 bits per heavy atom. The summed E-state index contributed by atoms with van der Waals surface area (Å²) in [5.74, 6) is -0.509. The van der Waals surface area contributed by atoms with Crippen LogP contribution in [0.1, 0.15) is 32.3 Å². The molecule has 0 saturated heterocycles. The average Bonchev–Trinajstić information content (AvgIpc) is 2.44. The molecule has 20 heavy (non-hydrogen) atoms. The van der Waals surface area contributed by atoms with Gasteiger partial charge in [0.1, 0.15) is 5.70 Å². The number of carbonyl (C=O) groups excluding carboxylic acids is 1. The second kappa shape index (κ2) is 7.65. The predicted octanol–water partition coefficient (Wildman–Crippen LogP) is 2.46. The van der Waals surface area contributed by atoms with E-state index in [0.29, 0.717) is 10.7 Å². The van der Waals surface area contributed by atoms with E-state index in [0.717, 1.165) is 5.56 Å². The van der Waals surface area contributed by atoms with Crippen LogP contribution >= 0.6 is 12.2 Å². The van der Waals surface area contributed by atoms with Crippen LogP contribution in [0.15, 0.2) is 41.7 Å². The van der Waals surface area contributed by atoms with Crippen LogP contribution in [-0.4, -0.2) is 17.6 Å². The van der Waals surface area contributed by atoms with Gasteiger partial charge in [-0.25, -0.2) is 4.79 Å². The Bertz CT molecular complexity index is 508. The van der Waals surface area contributed by atoms with Crippen LogP contribution in [0.4, 0.5) is 0 Å². The Kier molecular flexibility index (Phi) is 6.18. The van der Waals surface area contributed by atoms with Crippen LogP contribution in [-0.2, 0) is 9.53 Å². The number of esters is 1. The molecule has 1 rings (SSSR count). The van der Waals surface area contributed by atoms with Crippen molar-refractivity contribution in [1.29, 1.82) is 0 Å². The fraction of sp³-hybridized carbons (Fsp3) is 0.333. The van der Waals surface area contributed by atoms with E-state index < -0.39 is 5.97 Å². The maximum Gasteiger partial charge on any atom is 0.356 e. The summed E-state index contributed by atoms with van der Waals surface area (Å²) in [6, 6.07) is 9.82. The van der Waals surface area contributed by atoms with Crippen molar-refractivity contribution in [1.82, 2.24) is 5.32 Å². The van der Waals surface area contributed by atoms with Gasteiger partial charge in [-0.1, -0.05) is 49.5 Å². The van der Waals surface area contributed by atoms with Gasteiger partial charge >= 0.3 is 5.97 Å². The molecule has 4 nitrogen and oxygen atoms in total. The molecule has 0 unspecified atom stereocenters. The van der Waals surface area contributed by atoms with Gasteiger partial charge in [0.25, 0.3) is 0 Å². The summed E-state index contributed by atoms with van der Waals surface area (Å²) < 4.78 is 4.95. The molecule has 1 atom stereocenters. The highest BCUT2D eigenvalue weighted by Gasteiger charge is 2.18. The summed E-state index contributed by atoms with van der Waals surface area (Å²) >= 11 is 5.35. The van der Waals surface area contributed by atoms with E-state index in [2.05, 4.69) is 5.32 Å². The largest absolute Gasteiger partial charge is 0.461 e. The molecule has 0 radical (unpaired) electrons. The molecule has 0 fully saturated rings. The summed E-state index contributed by atoms with van der Waals surface area (Å²) in [6.45, 7) is 5.64. The summed E-state index contributed by atoms with van der Waals surface area (Å²) in [5, 5.41) is 2.91. The first-order valence-electron chi connectivity index (χ1n) is 6.46. The number of allylic oxidation sites excluding steroid dienone is 1. The molecule has 0 aliphatic heterocycles. The highest BCUT2D eigenvalue weighted by molar-refractivity contribution is 7.80. The zero-order valence-corrected chi connectivity index (χ0v) is 12.8. The van der Waals surface area contributed by atoms with Crippen molar-refractivity contribution in [3.63, 3.8) is 0 Å². The molecule has 0 heterocycles. The third-order valence-corrected chi connectivity index (χ3v) is 3.27. The Morgan fingerprint density at radius 1 is 1.40 bits per heavy atom. The molecule has 0 saturated carbocycles. The van der Waals surface area contributed by atoms with Crippen molar-refractivity contribution in [3.8, 4) is 0 Å². The first-order chi connectivity index (χ1) is 9.47. The molecule has 5 heteroatoms. The molecule has 0 aliphatic carbocycles. The van der Waals surface area contributed by atoms with Gasteiger partial charge in [0.15, 0.2) is 0 Å². The van der Waals surface area contributed by atoms with Crippen molar-refractivity contribution in [2.75, 3.05) is 6.61 Å². The van der Waals surface area contributed by atoms with Crippen molar-refractivity contribution >= 4 is 23.2 Å². The third-order valence-electron chi connectivity index (χ3n) is 2.81. The van der Waals surface area contributed by atoms with Crippen LogP contribution in [0.5, 0.6) is 0 Å². The van der Waals surface area contributed by atoms with Crippen molar-refractivity contribution in [2.45, 2.75) is 26.7 Å². The van der Waals surface area contributed by atoms with Gasteiger partial charge in [0.2, 0.25) is 0 Å². The van der Waals surface area contributed by atoms with E-state index in [1.807, 2.05) is 37.3 Å². The van der Waals surface area contributed by atoms with E-state index in [1.165, 1.54) is 0 Å². The number of ether oxygens (including phenoxy) is 1. The maximum absolute atomic E-state index is 11.8. The van der Waals surface area contributed by atoms with Crippen molar-refractivity contribution in [3.05, 3.63) is 47.3 Å². The molecule has 3 N–H and O–H groups in total. The van der Waals surface area contributed by atoms with Crippen LogP contribution in [0.3, 0.4) is 0 Å². The van der Waals surface area contributed by atoms with Crippen LogP contribution in [0.2, 0.25) is 0 Å². The topological polar surface area (TPSA) is 64.3 Å². The minimum absolute atomic E-state index is 0.0185. The molecule has 0 spiro atoms. The summed E-state index contributed by atoms with van der Waals surface area (Å²) in [5.41, 5.74) is 7.34. The fourth-order valence-corrected chi connectivity index (χ4v) is 1.88. The highest BCUT2D eigenvalue weighted by Crippen LogP contribution is 2.16. The number of hydrogen-bond acceptors (Lipinski definition) is 4. The second-order valence-corrected chi connectivity index (χ2v) is 4.84. The van der Waals surface area contributed by atoms with Gasteiger partial charge in [0.05, 0.1) is 11.6 Å². The Labute approximate surface area is 125 Å². The summed E-state index contributed by atoms with van der Waals surface area (Å²) in [7, 11) is 0. The van der Waals surface area contributed by atoms with Gasteiger partial charge in [-0.3, -0.25) is 0 Å². The molecular weight excluding hydrogens is 272 g/mol. The van der Waals surface area contributed by atoms with E-state index in [9.17, 15) is 4.79 Å². The van der Waals surface area contributed by atoms with E-state index in [4.69, 9.17) is 22.7 Å². The highest BCUT2D eigenvalue weighted by atomic mass is 32.1. The quantitative estimate of drug-likeness (QED) is 0.496. The van der Waals surface area contributed by atoms with Gasteiger partial charge < -0.3 is 15.8 Å². The predicted molar refractivity (Wildman–Crippen MR) is 84.1 cm³/mol. The number of thiocarbonyl (C=S) groups is 1. The first-order valence-corrected chi connectivity index (χ1v) is 6.87.